The standard InChI is InChI=1S/C16H20N4OS/c1-19(2)9-10-20(13-14-4-3-7-17-12-14)16(21)6-5-15-18-8-11-22-15/h3-8,11-12H,9-10,13H2,1-2H3. The van der Waals surface area contributed by atoms with E-state index < -0.39 is 0 Å². The van der Waals surface area contributed by atoms with Crippen LogP contribution in [0.25, 0.3) is 6.08 Å². The molecule has 2 aromatic rings. The largest absolute Gasteiger partial charge is 0.333 e. The molecule has 2 rings (SSSR count). The molecule has 0 fully saturated rings. The summed E-state index contributed by atoms with van der Waals surface area (Å²) in [5.41, 5.74) is 1.03. The van der Waals surface area contributed by atoms with E-state index in [1.165, 1.54) is 11.3 Å². The molecule has 2 aromatic heterocycles. The van der Waals surface area contributed by atoms with E-state index in [2.05, 4.69) is 14.9 Å². The third kappa shape index (κ3) is 5.38. The Morgan fingerprint density at radius 2 is 2.18 bits per heavy atom. The lowest BCUT2D eigenvalue weighted by atomic mass is 10.2. The minimum absolute atomic E-state index is 0.0131. The average Bonchev–Trinajstić information content (AvgIpc) is 3.03. The van der Waals surface area contributed by atoms with Gasteiger partial charge >= 0.3 is 0 Å². The van der Waals surface area contributed by atoms with Gasteiger partial charge < -0.3 is 9.80 Å². The molecule has 0 atom stereocenters. The van der Waals surface area contributed by atoms with E-state index in [0.29, 0.717) is 13.1 Å². The van der Waals surface area contributed by atoms with Crippen LogP contribution in [0.15, 0.2) is 42.2 Å². The van der Waals surface area contributed by atoms with Crippen molar-refractivity contribution in [1.29, 1.82) is 0 Å². The third-order valence-corrected chi connectivity index (χ3v) is 3.79. The fourth-order valence-electron chi connectivity index (χ4n) is 1.86. The lowest BCUT2D eigenvalue weighted by Crippen LogP contribution is -2.35. The first-order valence-corrected chi connectivity index (χ1v) is 7.93. The van der Waals surface area contributed by atoms with E-state index in [9.17, 15) is 4.79 Å². The molecule has 0 aliphatic heterocycles. The van der Waals surface area contributed by atoms with Gasteiger partial charge in [0.25, 0.3) is 0 Å². The number of amides is 1. The van der Waals surface area contributed by atoms with Gasteiger partial charge in [-0.1, -0.05) is 6.07 Å². The SMILES string of the molecule is CN(C)CCN(Cc1cccnc1)C(=O)C=Cc1nccs1. The summed E-state index contributed by atoms with van der Waals surface area (Å²) in [6.45, 7) is 2.04. The Balaban J connectivity index is 2.04. The van der Waals surface area contributed by atoms with E-state index in [1.807, 2.05) is 36.5 Å². The van der Waals surface area contributed by atoms with Crippen LogP contribution in [-0.4, -0.2) is 52.9 Å². The minimum Gasteiger partial charge on any atom is -0.333 e. The van der Waals surface area contributed by atoms with Crippen molar-refractivity contribution in [3.63, 3.8) is 0 Å². The first-order valence-electron chi connectivity index (χ1n) is 7.05. The highest BCUT2D eigenvalue weighted by Gasteiger charge is 2.12. The zero-order valence-corrected chi connectivity index (χ0v) is 13.7. The fourth-order valence-corrected chi connectivity index (χ4v) is 2.39. The maximum atomic E-state index is 12.4. The predicted molar refractivity (Wildman–Crippen MR) is 89.4 cm³/mol. The van der Waals surface area contributed by atoms with Crippen molar-refractivity contribution in [2.24, 2.45) is 0 Å². The molecule has 22 heavy (non-hydrogen) atoms. The lowest BCUT2D eigenvalue weighted by Gasteiger charge is -2.23. The molecule has 2 heterocycles. The number of hydrogen-bond donors (Lipinski definition) is 0. The average molecular weight is 316 g/mol. The Labute approximate surface area is 134 Å². The van der Waals surface area contributed by atoms with Gasteiger partial charge in [0, 0.05) is 49.7 Å². The summed E-state index contributed by atoms with van der Waals surface area (Å²) < 4.78 is 0. The number of likely N-dealkylation sites (N-methyl/N-ethyl adjacent to an activating group) is 1. The van der Waals surface area contributed by atoms with Crippen molar-refractivity contribution >= 4 is 23.3 Å². The second-order valence-corrected chi connectivity index (χ2v) is 6.05. The maximum absolute atomic E-state index is 12.4. The molecule has 1 amide bonds. The summed E-state index contributed by atoms with van der Waals surface area (Å²) in [5, 5.41) is 2.73. The summed E-state index contributed by atoms with van der Waals surface area (Å²) >= 11 is 1.51. The van der Waals surface area contributed by atoms with Crippen molar-refractivity contribution in [3.05, 3.63) is 52.8 Å². The first kappa shape index (κ1) is 16.3. The Hall–Kier alpha value is -2.05. The Bertz CT molecular complexity index is 596. The van der Waals surface area contributed by atoms with Gasteiger partial charge in [0.1, 0.15) is 5.01 Å². The molecule has 0 spiro atoms. The highest BCUT2D eigenvalue weighted by atomic mass is 32.1. The van der Waals surface area contributed by atoms with Crippen LogP contribution in [0.3, 0.4) is 0 Å². The van der Waals surface area contributed by atoms with Gasteiger partial charge in [0.05, 0.1) is 0 Å². The van der Waals surface area contributed by atoms with Gasteiger partial charge in [-0.25, -0.2) is 4.98 Å². The van der Waals surface area contributed by atoms with Crippen molar-refractivity contribution in [2.75, 3.05) is 27.2 Å². The van der Waals surface area contributed by atoms with Crippen LogP contribution in [0.1, 0.15) is 10.6 Å². The molecule has 0 saturated heterocycles. The van der Waals surface area contributed by atoms with Crippen LogP contribution in [0.4, 0.5) is 0 Å². The molecule has 0 aromatic carbocycles. The number of hydrogen-bond acceptors (Lipinski definition) is 5. The van der Waals surface area contributed by atoms with Gasteiger partial charge in [0.2, 0.25) is 5.91 Å². The summed E-state index contributed by atoms with van der Waals surface area (Å²) in [4.78, 5) is 24.6. The molecular formula is C16H20N4OS. The van der Waals surface area contributed by atoms with Crippen LogP contribution in [0.5, 0.6) is 0 Å². The predicted octanol–water partition coefficient (Wildman–Crippen LogP) is 2.14. The second kappa shape index (κ2) is 8.41. The molecular weight excluding hydrogens is 296 g/mol. The van der Waals surface area contributed by atoms with Crippen molar-refractivity contribution < 1.29 is 4.79 Å². The number of nitrogens with zero attached hydrogens (tertiary/aromatic N) is 4. The molecule has 0 N–H and O–H groups in total. The van der Waals surface area contributed by atoms with Crippen molar-refractivity contribution in [2.45, 2.75) is 6.54 Å². The molecule has 0 aliphatic carbocycles. The molecule has 0 radical (unpaired) electrons. The Kier molecular flexibility index (Phi) is 6.24. The number of carbonyl (C=O) groups is 1. The smallest absolute Gasteiger partial charge is 0.247 e. The number of pyridine rings is 1. The molecule has 0 unspecified atom stereocenters. The topological polar surface area (TPSA) is 49.3 Å². The summed E-state index contributed by atoms with van der Waals surface area (Å²) in [6, 6.07) is 3.86. The van der Waals surface area contributed by atoms with E-state index >= 15 is 0 Å². The summed E-state index contributed by atoms with van der Waals surface area (Å²) in [5.74, 6) is -0.0131. The van der Waals surface area contributed by atoms with E-state index in [4.69, 9.17) is 0 Å². The van der Waals surface area contributed by atoms with Gasteiger partial charge in [-0.15, -0.1) is 11.3 Å². The van der Waals surface area contributed by atoms with Gasteiger partial charge in [0.15, 0.2) is 0 Å². The van der Waals surface area contributed by atoms with Crippen molar-refractivity contribution in [1.82, 2.24) is 19.8 Å². The highest BCUT2D eigenvalue weighted by molar-refractivity contribution is 7.10. The molecule has 6 heteroatoms. The van der Waals surface area contributed by atoms with Gasteiger partial charge in [-0.05, 0) is 31.8 Å². The number of aromatic nitrogens is 2. The second-order valence-electron chi connectivity index (χ2n) is 5.13. The van der Waals surface area contributed by atoms with E-state index in [0.717, 1.165) is 17.1 Å². The number of rotatable bonds is 7. The minimum atomic E-state index is -0.0131. The van der Waals surface area contributed by atoms with Crippen LogP contribution in [0.2, 0.25) is 0 Å². The molecule has 0 bridgehead atoms. The normalized spacial score (nSPS) is 11.2. The lowest BCUT2D eigenvalue weighted by molar-refractivity contribution is -0.126. The zero-order valence-electron chi connectivity index (χ0n) is 12.8. The number of carbonyl (C=O) groups excluding carboxylic acids is 1. The zero-order chi connectivity index (χ0) is 15.8. The van der Waals surface area contributed by atoms with Gasteiger partial charge in [-0.3, -0.25) is 9.78 Å². The Morgan fingerprint density at radius 1 is 1.32 bits per heavy atom. The monoisotopic (exact) mass is 316 g/mol. The van der Waals surface area contributed by atoms with Crippen LogP contribution in [0, 0.1) is 0 Å². The van der Waals surface area contributed by atoms with Gasteiger partial charge in [-0.2, -0.15) is 0 Å². The molecule has 116 valence electrons. The summed E-state index contributed by atoms with van der Waals surface area (Å²) in [7, 11) is 4.00. The number of thiazole rings is 1. The molecule has 5 nitrogen and oxygen atoms in total. The highest BCUT2D eigenvalue weighted by Crippen LogP contribution is 2.08. The molecule has 0 aliphatic rings. The third-order valence-electron chi connectivity index (χ3n) is 3.04. The van der Waals surface area contributed by atoms with E-state index in [-0.39, 0.29) is 5.91 Å². The van der Waals surface area contributed by atoms with Crippen LogP contribution < -0.4 is 0 Å². The van der Waals surface area contributed by atoms with Crippen molar-refractivity contribution in [3.8, 4) is 0 Å². The fraction of sp³-hybridized carbons (Fsp3) is 0.312. The van der Waals surface area contributed by atoms with E-state index in [1.54, 1.807) is 30.7 Å². The quantitative estimate of drug-likeness (QED) is 0.734. The summed E-state index contributed by atoms with van der Waals surface area (Å²) in [6.07, 6.45) is 8.61. The van der Waals surface area contributed by atoms with Crippen LogP contribution in [-0.2, 0) is 11.3 Å². The first-order chi connectivity index (χ1) is 10.6. The Morgan fingerprint density at radius 3 is 2.82 bits per heavy atom. The van der Waals surface area contributed by atoms with Crippen LogP contribution >= 0.6 is 11.3 Å². The maximum Gasteiger partial charge on any atom is 0.247 e. The molecule has 0 saturated carbocycles.